The first-order valence-electron chi connectivity index (χ1n) is 6.20. The van der Waals surface area contributed by atoms with Crippen molar-refractivity contribution in [2.45, 2.75) is 25.4 Å². The molecular weight excluding hydrogens is 224 g/mol. The molecule has 1 atom stereocenters. The Labute approximate surface area is 106 Å². The number of aliphatic hydroxyl groups excluding tert-OH is 1. The molecule has 0 bridgehead atoms. The van der Waals surface area contributed by atoms with Crippen molar-refractivity contribution in [3.05, 3.63) is 42.1 Å². The van der Waals surface area contributed by atoms with Crippen LogP contribution >= 0.6 is 0 Å². The van der Waals surface area contributed by atoms with Crippen molar-refractivity contribution in [1.82, 2.24) is 4.98 Å². The molecule has 1 N–H and O–H groups in total. The summed E-state index contributed by atoms with van der Waals surface area (Å²) in [5, 5.41) is 20.7. The van der Waals surface area contributed by atoms with Crippen LogP contribution in [-0.2, 0) is 0 Å². The maximum Gasteiger partial charge on any atom is 0.115 e. The zero-order chi connectivity index (χ0) is 12.6. The number of hydrogen-bond acceptors (Lipinski definition) is 3. The first-order valence-corrected chi connectivity index (χ1v) is 6.20. The van der Waals surface area contributed by atoms with Crippen molar-refractivity contribution in [2.24, 2.45) is 5.41 Å². The highest BCUT2D eigenvalue weighted by atomic mass is 16.3. The number of fused-ring (bicyclic) bond motifs is 1. The van der Waals surface area contributed by atoms with E-state index in [1.807, 2.05) is 36.4 Å². The van der Waals surface area contributed by atoms with Gasteiger partial charge in [0.1, 0.15) is 6.10 Å². The van der Waals surface area contributed by atoms with E-state index in [2.05, 4.69) is 11.1 Å². The minimum atomic E-state index is -0.777. The maximum absolute atomic E-state index is 10.4. The fourth-order valence-corrected chi connectivity index (χ4v) is 2.52. The van der Waals surface area contributed by atoms with Gasteiger partial charge < -0.3 is 5.11 Å². The second-order valence-electron chi connectivity index (χ2n) is 4.95. The highest BCUT2D eigenvalue weighted by Crippen LogP contribution is 2.49. The Hall–Kier alpha value is -1.92. The number of benzene rings is 1. The maximum atomic E-state index is 10.4. The van der Waals surface area contributed by atoms with E-state index in [-0.39, 0.29) is 0 Å². The molecule has 3 heteroatoms. The highest BCUT2D eigenvalue weighted by molar-refractivity contribution is 5.78. The Balaban J connectivity index is 2.02. The molecule has 1 aromatic heterocycles. The Bertz CT molecular complexity index is 626. The van der Waals surface area contributed by atoms with Gasteiger partial charge in [-0.05, 0) is 25.0 Å². The molecule has 0 amide bonds. The van der Waals surface area contributed by atoms with E-state index in [4.69, 9.17) is 0 Å². The second-order valence-corrected chi connectivity index (χ2v) is 4.95. The predicted molar refractivity (Wildman–Crippen MR) is 68.6 cm³/mol. The summed E-state index contributed by atoms with van der Waals surface area (Å²) in [6, 6.07) is 13.8. The van der Waals surface area contributed by atoms with E-state index in [1.54, 1.807) is 0 Å². The lowest BCUT2D eigenvalue weighted by Crippen LogP contribution is -2.34. The molecule has 3 rings (SSSR count). The summed E-state index contributed by atoms with van der Waals surface area (Å²) in [5.74, 6) is 0. The highest BCUT2D eigenvalue weighted by Gasteiger charge is 2.45. The molecule has 1 saturated carbocycles. The minimum Gasteiger partial charge on any atom is -0.385 e. The van der Waals surface area contributed by atoms with Gasteiger partial charge in [-0.3, -0.25) is 4.98 Å². The van der Waals surface area contributed by atoms with Crippen LogP contribution in [0, 0.1) is 16.7 Å². The molecule has 1 unspecified atom stereocenters. The van der Waals surface area contributed by atoms with E-state index >= 15 is 0 Å². The molecule has 1 fully saturated rings. The van der Waals surface area contributed by atoms with Gasteiger partial charge in [0.25, 0.3) is 0 Å². The SMILES string of the molecule is N#CC1(C(O)c2ccc3ccccc3n2)CCC1. The van der Waals surface area contributed by atoms with Gasteiger partial charge in [0.2, 0.25) is 0 Å². The molecule has 0 aliphatic heterocycles. The molecule has 2 aromatic rings. The van der Waals surface area contributed by atoms with Gasteiger partial charge in [-0.25, -0.2) is 0 Å². The molecular formula is C15H14N2O. The third kappa shape index (κ3) is 1.58. The molecule has 0 radical (unpaired) electrons. The lowest BCUT2D eigenvalue weighted by molar-refractivity contribution is 0.00526. The van der Waals surface area contributed by atoms with Gasteiger partial charge in [0, 0.05) is 5.39 Å². The Kier molecular flexibility index (Phi) is 2.53. The first-order chi connectivity index (χ1) is 8.75. The summed E-state index contributed by atoms with van der Waals surface area (Å²) in [6.07, 6.45) is 1.76. The number of rotatable bonds is 2. The van der Waals surface area contributed by atoms with Crippen molar-refractivity contribution in [3.8, 4) is 6.07 Å². The fourth-order valence-electron chi connectivity index (χ4n) is 2.52. The smallest absolute Gasteiger partial charge is 0.115 e. The normalized spacial score (nSPS) is 18.9. The van der Waals surface area contributed by atoms with E-state index in [9.17, 15) is 10.4 Å². The van der Waals surface area contributed by atoms with Gasteiger partial charge in [-0.15, -0.1) is 0 Å². The number of nitriles is 1. The van der Waals surface area contributed by atoms with Crippen LogP contribution in [0.2, 0.25) is 0 Å². The lowest BCUT2D eigenvalue weighted by atomic mass is 9.65. The van der Waals surface area contributed by atoms with Crippen LogP contribution in [0.25, 0.3) is 10.9 Å². The lowest BCUT2D eigenvalue weighted by Gasteiger charge is -2.38. The van der Waals surface area contributed by atoms with Gasteiger partial charge in [-0.2, -0.15) is 5.26 Å². The molecule has 1 aliphatic carbocycles. The van der Waals surface area contributed by atoms with Crippen LogP contribution in [0.3, 0.4) is 0 Å². The minimum absolute atomic E-state index is 0.606. The molecule has 1 heterocycles. The predicted octanol–water partition coefficient (Wildman–Crippen LogP) is 2.96. The molecule has 0 spiro atoms. The topological polar surface area (TPSA) is 56.9 Å². The van der Waals surface area contributed by atoms with E-state index in [0.717, 1.165) is 30.2 Å². The standard InChI is InChI=1S/C15H14N2O/c16-10-15(8-3-9-15)14(18)13-7-6-11-4-1-2-5-12(11)17-13/h1-2,4-7,14,18H,3,8-9H2. The van der Waals surface area contributed by atoms with Crippen LogP contribution in [0.4, 0.5) is 0 Å². The number of aliphatic hydroxyl groups is 1. The molecule has 3 nitrogen and oxygen atoms in total. The molecule has 1 aliphatic rings. The summed E-state index contributed by atoms with van der Waals surface area (Å²) in [5.41, 5.74) is 0.853. The van der Waals surface area contributed by atoms with Crippen LogP contribution in [0.5, 0.6) is 0 Å². The Morgan fingerprint density at radius 3 is 2.67 bits per heavy atom. The number of pyridine rings is 1. The quantitative estimate of drug-likeness (QED) is 0.875. The van der Waals surface area contributed by atoms with Crippen LogP contribution in [0.1, 0.15) is 31.1 Å². The summed E-state index contributed by atoms with van der Waals surface area (Å²) in [4.78, 5) is 4.47. The number of aromatic nitrogens is 1. The summed E-state index contributed by atoms with van der Waals surface area (Å²) in [6.45, 7) is 0. The fraction of sp³-hybridized carbons (Fsp3) is 0.333. The van der Waals surface area contributed by atoms with Crippen molar-refractivity contribution in [3.63, 3.8) is 0 Å². The zero-order valence-electron chi connectivity index (χ0n) is 10.0. The van der Waals surface area contributed by atoms with Crippen LogP contribution < -0.4 is 0 Å². The third-order valence-electron chi connectivity index (χ3n) is 3.89. The summed E-state index contributed by atoms with van der Waals surface area (Å²) >= 11 is 0. The van der Waals surface area contributed by atoms with Gasteiger partial charge in [0.05, 0.1) is 22.7 Å². The van der Waals surface area contributed by atoms with Crippen molar-refractivity contribution in [1.29, 1.82) is 5.26 Å². The third-order valence-corrected chi connectivity index (χ3v) is 3.89. The average molecular weight is 238 g/mol. The van der Waals surface area contributed by atoms with Gasteiger partial charge >= 0.3 is 0 Å². The monoisotopic (exact) mass is 238 g/mol. The largest absolute Gasteiger partial charge is 0.385 e. The van der Waals surface area contributed by atoms with Gasteiger partial charge in [-0.1, -0.05) is 30.7 Å². The molecule has 1 aromatic carbocycles. The summed E-state index contributed by atoms with van der Waals surface area (Å²) < 4.78 is 0. The van der Waals surface area contributed by atoms with E-state index in [1.165, 1.54) is 0 Å². The summed E-state index contributed by atoms with van der Waals surface area (Å²) in [7, 11) is 0. The second kappa shape index (κ2) is 4.08. The van der Waals surface area contributed by atoms with E-state index in [0.29, 0.717) is 5.69 Å². The number of para-hydroxylation sites is 1. The first kappa shape index (κ1) is 11.2. The van der Waals surface area contributed by atoms with Gasteiger partial charge in [0.15, 0.2) is 0 Å². The molecule has 18 heavy (non-hydrogen) atoms. The zero-order valence-corrected chi connectivity index (χ0v) is 10.0. The average Bonchev–Trinajstić information content (AvgIpc) is 2.37. The van der Waals surface area contributed by atoms with Crippen molar-refractivity contribution < 1.29 is 5.11 Å². The molecule has 0 saturated heterocycles. The van der Waals surface area contributed by atoms with Crippen molar-refractivity contribution in [2.75, 3.05) is 0 Å². The van der Waals surface area contributed by atoms with Crippen molar-refractivity contribution >= 4 is 10.9 Å². The number of nitrogens with zero attached hydrogens (tertiary/aromatic N) is 2. The Morgan fingerprint density at radius 1 is 1.22 bits per heavy atom. The number of hydrogen-bond donors (Lipinski definition) is 1. The Morgan fingerprint density at radius 2 is 2.00 bits per heavy atom. The van der Waals surface area contributed by atoms with E-state index < -0.39 is 11.5 Å². The van der Waals surface area contributed by atoms with Crippen LogP contribution in [0.15, 0.2) is 36.4 Å². The molecule has 90 valence electrons. The van der Waals surface area contributed by atoms with Crippen LogP contribution in [-0.4, -0.2) is 10.1 Å².